The number of aromatic nitrogens is 2. The lowest BCUT2D eigenvalue weighted by Crippen LogP contribution is -2.33. The Bertz CT molecular complexity index is 644. The third kappa shape index (κ3) is 9.49. The molecule has 0 aliphatic carbocycles. The highest BCUT2D eigenvalue weighted by molar-refractivity contribution is 5.52. The van der Waals surface area contributed by atoms with Crippen LogP contribution in [-0.4, -0.2) is 4.57 Å². The van der Waals surface area contributed by atoms with Gasteiger partial charge in [-0.05, 0) is 31.9 Å². The van der Waals surface area contributed by atoms with Crippen molar-refractivity contribution in [3.8, 4) is 11.4 Å². The van der Waals surface area contributed by atoms with E-state index in [-0.39, 0.29) is 0 Å². The third-order valence-electron chi connectivity index (χ3n) is 6.35. The molecule has 0 amide bonds. The molecule has 0 aliphatic heterocycles. The number of unbranched alkanes of at least 4 members (excludes halogenated alkanes) is 14. The van der Waals surface area contributed by atoms with Gasteiger partial charge >= 0.3 is 0 Å². The molecule has 0 saturated heterocycles. The highest BCUT2D eigenvalue weighted by Gasteiger charge is 2.17. The molecule has 0 bridgehead atoms. The van der Waals surface area contributed by atoms with Crippen molar-refractivity contribution >= 4 is 0 Å². The first-order valence-corrected chi connectivity index (χ1v) is 13.0. The standard InChI is InChI=1S/C28H47N2/c1-3-5-6-7-8-9-10-11-12-13-14-15-16-17-21-24-30-26-25-29(4-2)28(30)27-22-19-18-20-23-27/h18-20,22-23,25-26H,3-17,21,24H2,1-2H3/q+1. The molecule has 0 N–H and O–H groups in total. The molecule has 2 nitrogen and oxygen atoms in total. The molecular weight excluding hydrogens is 364 g/mol. The van der Waals surface area contributed by atoms with Gasteiger partial charge in [-0.1, -0.05) is 109 Å². The number of hydrogen-bond acceptors (Lipinski definition) is 0. The van der Waals surface area contributed by atoms with Crippen molar-refractivity contribution in [1.29, 1.82) is 0 Å². The van der Waals surface area contributed by atoms with Crippen LogP contribution in [0.5, 0.6) is 0 Å². The average molecular weight is 412 g/mol. The molecule has 0 aliphatic rings. The maximum absolute atomic E-state index is 2.45. The van der Waals surface area contributed by atoms with E-state index in [0.29, 0.717) is 0 Å². The van der Waals surface area contributed by atoms with Gasteiger partial charge in [0.2, 0.25) is 0 Å². The van der Waals surface area contributed by atoms with Gasteiger partial charge in [-0.25, -0.2) is 9.13 Å². The molecule has 0 unspecified atom stereocenters. The molecule has 1 aromatic carbocycles. The first kappa shape index (κ1) is 24.7. The zero-order chi connectivity index (χ0) is 21.3. The normalized spacial score (nSPS) is 11.3. The average Bonchev–Trinajstić information content (AvgIpc) is 3.20. The Hall–Kier alpha value is -1.57. The van der Waals surface area contributed by atoms with Gasteiger partial charge in [0.25, 0.3) is 5.82 Å². The van der Waals surface area contributed by atoms with Gasteiger partial charge in [-0.2, -0.15) is 0 Å². The second-order valence-corrected chi connectivity index (χ2v) is 8.92. The molecule has 0 atom stereocenters. The van der Waals surface area contributed by atoms with Gasteiger partial charge in [0.15, 0.2) is 0 Å². The summed E-state index contributed by atoms with van der Waals surface area (Å²) in [4.78, 5) is 0. The number of nitrogens with zero attached hydrogens (tertiary/aromatic N) is 2. The van der Waals surface area contributed by atoms with E-state index in [4.69, 9.17) is 0 Å². The SMILES string of the molecule is CCCCCCCCCCCCCCCCCn1cc[n+](CC)c1-c1ccccc1. The molecule has 0 spiro atoms. The molecule has 1 aromatic heterocycles. The van der Waals surface area contributed by atoms with Crippen LogP contribution in [0.25, 0.3) is 11.4 Å². The van der Waals surface area contributed by atoms with E-state index in [9.17, 15) is 0 Å². The lowest BCUT2D eigenvalue weighted by molar-refractivity contribution is -0.682. The fraction of sp³-hybridized carbons (Fsp3) is 0.679. The maximum atomic E-state index is 2.45. The number of rotatable bonds is 18. The summed E-state index contributed by atoms with van der Waals surface area (Å²) in [5, 5.41) is 0. The highest BCUT2D eigenvalue weighted by atomic mass is 15.1. The van der Waals surface area contributed by atoms with Crippen molar-refractivity contribution in [2.45, 2.75) is 123 Å². The van der Waals surface area contributed by atoms with Gasteiger partial charge in [-0.15, -0.1) is 0 Å². The minimum atomic E-state index is 1.02. The molecule has 0 radical (unpaired) electrons. The fourth-order valence-corrected chi connectivity index (χ4v) is 4.48. The summed E-state index contributed by atoms with van der Waals surface area (Å²) < 4.78 is 4.81. The molecule has 168 valence electrons. The summed E-state index contributed by atoms with van der Waals surface area (Å²) in [6.45, 7) is 6.68. The van der Waals surface area contributed by atoms with Crippen molar-refractivity contribution in [2.75, 3.05) is 0 Å². The molecule has 1 heterocycles. The van der Waals surface area contributed by atoms with Crippen LogP contribution in [0.1, 0.15) is 110 Å². The van der Waals surface area contributed by atoms with Gasteiger partial charge in [0, 0.05) is 0 Å². The number of imidazole rings is 1. The number of aryl methyl sites for hydroxylation is 2. The quantitative estimate of drug-likeness (QED) is 0.172. The van der Waals surface area contributed by atoms with Crippen LogP contribution in [0.15, 0.2) is 42.7 Å². The zero-order valence-electron chi connectivity index (χ0n) is 20.0. The van der Waals surface area contributed by atoms with E-state index in [1.807, 2.05) is 0 Å². The number of benzene rings is 1. The third-order valence-corrected chi connectivity index (χ3v) is 6.35. The smallest absolute Gasteiger partial charge is 0.230 e. The molecule has 0 fully saturated rings. The van der Waals surface area contributed by atoms with Crippen LogP contribution >= 0.6 is 0 Å². The summed E-state index contributed by atoms with van der Waals surface area (Å²) >= 11 is 0. The van der Waals surface area contributed by atoms with Crippen LogP contribution in [0.4, 0.5) is 0 Å². The van der Waals surface area contributed by atoms with E-state index in [0.717, 1.165) is 13.1 Å². The van der Waals surface area contributed by atoms with Crippen molar-refractivity contribution in [3.05, 3.63) is 42.7 Å². The molecule has 2 heteroatoms. The monoisotopic (exact) mass is 411 g/mol. The fourth-order valence-electron chi connectivity index (χ4n) is 4.48. The maximum Gasteiger partial charge on any atom is 0.288 e. The van der Waals surface area contributed by atoms with E-state index in [1.165, 1.54) is 108 Å². The van der Waals surface area contributed by atoms with Crippen LogP contribution in [-0.2, 0) is 13.1 Å². The van der Waals surface area contributed by atoms with Crippen molar-refractivity contribution in [2.24, 2.45) is 0 Å². The van der Waals surface area contributed by atoms with Crippen LogP contribution < -0.4 is 4.57 Å². The lowest BCUT2D eigenvalue weighted by Gasteiger charge is -2.05. The topological polar surface area (TPSA) is 8.81 Å². The summed E-state index contributed by atoms with van der Waals surface area (Å²) in [5.41, 5.74) is 1.32. The van der Waals surface area contributed by atoms with E-state index >= 15 is 0 Å². The summed E-state index contributed by atoms with van der Waals surface area (Å²) in [7, 11) is 0. The highest BCUT2D eigenvalue weighted by Crippen LogP contribution is 2.17. The Morgan fingerprint density at radius 2 is 1.13 bits per heavy atom. The Kier molecular flexibility index (Phi) is 13.3. The molecular formula is C28H47N2+. The van der Waals surface area contributed by atoms with Crippen molar-refractivity contribution < 1.29 is 4.57 Å². The van der Waals surface area contributed by atoms with Gasteiger partial charge < -0.3 is 0 Å². The van der Waals surface area contributed by atoms with Crippen LogP contribution in [0.2, 0.25) is 0 Å². The molecule has 2 aromatic rings. The van der Waals surface area contributed by atoms with Crippen LogP contribution in [0.3, 0.4) is 0 Å². The second-order valence-electron chi connectivity index (χ2n) is 8.92. The Morgan fingerprint density at radius 1 is 0.633 bits per heavy atom. The van der Waals surface area contributed by atoms with Gasteiger partial charge in [0.05, 0.1) is 18.7 Å². The van der Waals surface area contributed by atoms with E-state index in [2.05, 4.69) is 65.7 Å². The Morgan fingerprint density at radius 3 is 1.63 bits per heavy atom. The van der Waals surface area contributed by atoms with E-state index < -0.39 is 0 Å². The Balaban J connectivity index is 1.49. The van der Waals surface area contributed by atoms with Crippen molar-refractivity contribution in [1.82, 2.24) is 4.57 Å². The first-order valence-electron chi connectivity index (χ1n) is 13.0. The van der Waals surface area contributed by atoms with Crippen molar-refractivity contribution in [3.63, 3.8) is 0 Å². The minimum Gasteiger partial charge on any atom is -0.230 e. The number of hydrogen-bond donors (Lipinski definition) is 0. The molecule has 30 heavy (non-hydrogen) atoms. The van der Waals surface area contributed by atoms with Gasteiger partial charge in [-0.3, -0.25) is 0 Å². The van der Waals surface area contributed by atoms with Crippen LogP contribution in [0, 0.1) is 0 Å². The Labute approximate surface area is 186 Å². The minimum absolute atomic E-state index is 1.02. The first-order chi connectivity index (χ1) is 14.9. The lowest BCUT2D eigenvalue weighted by atomic mass is 10.0. The zero-order valence-corrected chi connectivity index (χ0v) is 20.0. The predicted molar refractivity (Wildman–Crippen MR) is 131 cm³/mol. The summed E-state index contributed by atoms with van der Waals surface area (Å²) in [6, 6.07) is 10.8. The second kappa shape index (κ2) is 16.2. The largest absolute Gasteiger partial charge is 0.288 e. The summed E-state index contributed by atoms with van der Waals surface area (Å²) in [6.07, 6.45) is 25.8. The summed E-state index contributed by atoms with van der Waals surface area (Å²) in [5.74, 6) is 1.35. The predicted octanol–water partition coefficient (Wildman–Crippen LogP) is 8.33. The van der Waals surface area contributed by atoms with E-state index in [1.54, 1.807) is 0 Å². The molecule has 2 rings (SSSR count). The molecule has 0 saturated carbocycles. The van der Waals surface area contributed by atoms with Gasteiger partial charge in [0.1, 0.15) is 12.4 Å².